The lowest BCUT2D eigenvalue weighted by Gasteiger charge is -2.24. The first-order valence-corrected chi connectivity index (χ1v) is 9.41. The highest BCUT2D eigenvalue weighted by Crippen LogP contribution is 2.40. The molecule has 1 unspecified atom stereocenters. The summed E-state index contributed by atoms with van der Waals surface area (Å²) < 4.78 is 17.9. The van der Waals surface area contributed by atoms with Crippen LogP contribution in [0.15, 0.2) is 48.7 Å². The Labute approximate surface area is 174 Å². The van der Waals surface area contributed by atoms with Crippen molar-refractivity contribution in [3.8, 4) is 35.3 Å². The van der Waals surface area contributed by atoms with Crippen LogP contribution in [0.4, 0.5) is 5.82 Å². The monoisotopic (exact) mass is 403 g/mol. The fourth-order valence-corrected chi connectivity index (χ4v) is 3.58. The first kappa shape index (κ1) is 19.4. The smallest absolute Gasteiger partial charge is 0.226 e. The number of benzene rings is 2. The summed E-state index contributed by atoms with van der Waals surface area (Å²) in [5.74, 6) is 4.75. The maximum atomic E-state index is 12.5. The summed E-state index contributed by atoms with van der Waals surface area (Å²) in [6, 6.07) is 13.1. The van der Waals surface area contributed by atoms with Gasteiger partial charge >= 0.3 is 0 Å². The second-order valence-electron chi connectivity index (χ2n) is 6.77. The molecule has 1 aliphatic heterocycles. The largest absolute Gasteiger partial charge is 0.497 e. The number of amides is 1. The zero-order chi connectivity index (χ0) is 21.1. The van der Waals surface area contributed by atoms with Crippen LogP contribution < -0.4 is 19.5 Å². The van der Waals surface area contributed by atoms with Crippen molar-refractivity contribution in [2.75, 3.05) is 26.1 Å². The van der Waals surface area contributed by atoms with Crippen LogP contribution in [0.2, 0.25) is 0 Å². The molecule has 152 valence electrons. The molecule has 0 fully saturated rings. The number of rotatable bonds is 6. The molecule has 0 radical (unpaired) electrons. The van der Waals surface area contributed by atoms with Crippen molar-refractivity contribution in [3.05, 3.63) is 59.8 Å². The Morgan fingerprint density at radius 2 is 1.97 bits per heavy atom. The maximum absolute atomic E-state index is 12.5. The fraction of sp³-hybridized carbons (Fsp3) is 0.217. The van der Waals surface area contributed by atoms with Crippen LogP contribution in [0.25, 0.3) is 5.69 Å². The van der Waals surface area contributed by atoms with Crippen molar-refractivity contribution in [3.63, 3.8) is 0 Å². The highest BCUT2D eigenvalue weighted by atomic mass is 16.5. The van der Waals surface area contributed by atoms with Crippen molar-refractivity contribution in [1.29, 1.82) is 0 Å². The van der Waals surface area contributed by atoms with E-state index in [1.54, 1.807) is 25.1 Å². The van der Waals surface area contributed by atoms with Crippen molar-refractivity contribution in [2.45, 2.75) is 12.3 Å². The number of anilines is 1. The van der Waals surface area contributed by atoms with Gasteiger partial charge in [-0.15, -0.1) is 6.42 Å². The summed E-state index contributed by atoms with van der Waals surface area (Å²) in [6.07, 6.45) is 7.38. The van der Waals surface area contributed by atoms with E-state index < -0.39 is 0 Å². The number of terminal acetylenes is 1. The predicted octanol–water partition coefficient (Wildman–Crippen LogP) is 3.38. The molecule has 1 N–H and O–H groups in total. The normalized spacial score (nSPS) is 15.0. The van der Waals surface area contributed by atoms with Gasteiger partial charge in [0.15, 0.2) is 11.5 Å². The number of hydrogen-bond donors (Lipinski definition) is 1. The molecular weight excluding hydrogens is 382 g/mol. The average molecular weight is 403 g/mol. The molecule has 0 bridgehead atoms. The van der Waals surface area contributed by atoms with E-state index in [0.29, 0.717) is 23.7 Å². The number of methoxy groups -OCH3 is 2. The van der Waals surface area contributed by atoms with Crippen LogP contribution in [-0.2, 0) is 4.79 Å². The van der Waals surface area contributed by atoms with Gasteiger partial charge in [-0.25, -0.2) is 4.68 Å². The minimum absolute atomic E-state index is 0.0746. The van der Waals surface area contributed by atoms with Gasteiger partial charge in [0.25, 0.3) is 0 Å². The van der Waals surface area contributed by atoms with Gasteiger partial charge in [0.1, 0.15) is 18.2 Å². The average Bonchev–Trinajstić information content (AvgIpc) is 3.20. The zero-order valence-corrected chi connectivity index (χ0v) is 16.7. The predicted molar refractivity (Wildman–Crippen MR) is 113 cm³/mol. The number of fused-ring (bicyclic) bond motifs is 1. The van der Waals surface area contributed by atoms with Gasteiger partial charge in [-0.2, -0.15) is 5.10 Å². The molecule has 30 heavy (non-hydrogen) atoms. The van der Waals surface area contributed by atoms with Gasteiger partial charge in [0.2, 0.25) is 5.91 Å². The number of aromatic nitrogens is 2. The standard InChI is InChI=1S/C23H21N3O4/c1-4-11-30-20-10-5-15(12-21(20)29-3)18-13-22(27)25-23-19(18)14-24-26(23)16-6-8-17(28-2)9-7-16/h1,5-10,12,14,18H,11,13H2,2-3H3,(H,25,27). The van der Waals surface area contributed by atoms with Gasteiger partial charge < -0.3 is 19.5 Å². The molecule has 1 amide bonds. The van der Waals surface area contributed by atoms with Crippen molar-refractivity contribution < 1.29 is 19.0 Å². The van der Waals surface area contributed by atoms with E-state index in [4.69, 9.17) is 20.6 Å². The third kappa shape index (κ3) is 3.55. The van der Waals surface area contributed by atoms with Gasteiger partial charge in [-0.1, -0.05) is 12.0 Å². The van der Waals surface area contributed by atoms with Crippen LogP contribution in [0.5, 0.6) is 17.2 Å². The zero-order valence-electron chi connectivity index (χ0n) is 16.7. The molecule has 1 aliphatic rings. The number of nitrogens with zero attached hydrogens (tertiary/aromatic N) is 2. The Kier molecular flexibility index (Phi) is 5.31. The van der Waals surface area contributed by atoms with E-state index in [-0.39, 0.29) is 18.4 Å². The summed E-state index contributed by atoms with van der Waals surface area (Å²) in [7, 11) is 3.19. The van der Waals surface area contributed by atoms with Crippen LogP contribution in [0.3, 0.4) is 0 Å². The summed E-state index contributed by atoms with van der Waals surface area (Å²) in [5.41, 5.74) is 2.70. The third-order valence-corrected chi connectivity index (χ3v) is 5.04. The molecule has 0 saturated carbocycles. The number of carbonyl (C=O) groups excluding carboxylic acids is 1. The first-order chi connectivity index (χ1) is 14.6. The summed E-state index contributed by atoms with van der Waals surface area (Å²) in [4.78, 5) is 12.5. The minimum atomic E-state index is -0.156. The van der Waals surface area contributed by atoms with Crippen LogP contribution in [0, 0.1) is 12.3 Å². The van der Waals surface area contributed by atoms with Crippen LogP contribution >= 0.6 is 0 Å². The van der Waals surface area contributed by atoms with E-state index in [9.17, 15) is 4.79 Å². The molecule has 0 aliphatic carbocycles. The lowest BCUT2D eigenvalue weighted by molar-refractivity contribution is -0.116. The van der Waals surface area contributed by atoms with Gasteiger partial charge in [-0.05, 0) is 42.0 Å². The quantitative estimate of drug-likeness (QED) is 0.639. The molecule has 2 heterocycles. The lowest BCUT2D eigenvalue weighted by atomic mass is 9.87. The molecule has 0 spiro atoms. The topological polar surface area (TPSA) is 74.6 Å². The van der Waals surface area contributed by atoms with Crippen LogP contribution in [0.1, 0.15) is 23.5 Å². The molecule has 2 aromatic carbocycles. The third-order valence-electron chi connectivity index (χ3n) is 5.04. The maximum Gasteiger partial charge on any atom is 0.226 e. The van der Waals surface area contributed by atoms with Crippen LogP contribution in [-0.4, -0.2) is 36.5 Å². The lowest BCUT2D eigenvalue weighted by Crippen LogP contribution is -2.24. The van der Waals surface area contributed by atoms with Crippen molar-refractivity contribution in [2.24, 2.45) is 0 Å². The van der Waals surface area contributed by atoms with Gasteiger partial charge in [-0.3, -0.25) is 4.79 Å². The Morgan fingerprint density at radius 3 is 2.67 bits per heavy atom. The molecule has 1 aromatic heterocycles. The molecule has 7 heteroatoms. The molecule has 4 rings (SSSR count). The van der Waals surface area contributed by atoms with E-state index in [2.05, 4.69) is 16.3 Å². The molecule has 7 nitrogen and oxygen atoms in total. The summed E-state index contributed by atoms with van der Waals surface area (Å²) >= 11 is 0. The highest BCUT2D eigenvalue weighted by molar-refractivity contribution is 5.94. The number of hydrogen-bond acceptors (Lipinski definition) is 5. The Bertz CT molecular complexity index is 1110. The van der Waals surface area contributed by atoms with E-state index >= 15 is 0 Å². The molecule has 0 saturated heterocycles. The Balaban J connectivity index is 1.72. The van der Waals surface area contributed by atoms with E-state index in [1.165, 1.54) is 0 Å². The van der Waals surface area contributed by atoms with Gasteiger partial charge in [0, 0.05) is 17.9 Å². The Morgan fingerprint density at radius 1 is 1.17 bits per heavy atom. The number of ether oxygens (including phenoxy) is 3. The summed E-state index contributed by atoms with van der Waals surface area (Å²) in [5, 5.41) is 7.47. The van der Waals surface area contributed by atoms with E-state index in [1.807, 2.05) is 42.5 Å². The second kappa shape index (κ2) is 8.21. The van der Waals surface area contributed by atoms with Gasteiger partial charge in [0.05, 0.1) is 26.1 Å². The molecular formula is C23H21N3O4. The molecule has 1 atom stereocenters. The van der Waals surface area contributed by atoms with Crippen molar-refractivity contribution in [1.82, 2.24) is 9.78 Å². The van der Waals surface area contributed by atoms with Crippen molar-refractivity contribution >= 4 is 11.7 Å². The highest BCUT2D eigenvalue weighted by Gasteiger charge is 2.31. The Hall–Kier alpha value is -3.92. The minimum Gasteiger partial charge on any atom is -0.497 e. The number of carbonyl (C=O) groups is 1. The SMILES string of the molecule is C#CCOc1ccc(C2CC(=O)Nc3c2cnn3-c2ccc(OC)cc2)cc1OC. The second-order valence-corrected chi connectivity index (χ2v) is 6.77. The molecule has 3 aromatic rings. The number of nitrogens with one attached hydrogen (secondary N) is 1. The van der Waals surface area contributed by atoms with E-state index in [0.717, 1.165) is 22.6 Å². The first-order valence-electron chi connectivity index (χ1n) is 9.41. The summed E-state index contributed by atoms with van der Waals surface area (Å²) in [6.45, 7) is 0.153. The fourth-order valence-electron chi connectivity index (χ4n) is 3.58.